The first-order valence-electron chi connectivity index (χ1n) is 5.18. The summed E-state index contributed by atoms with van der Waals surface area (Å²) < 4.78 is 0.738. The van der Waals surface area contributed by atoms with E-state index in [-0.39, 0.29) is 5.91 Å². The van der Waals surface area contributed by atoms with Gasteiger partial charge >= 0.3 is 0 Å². The number of unbranched alkanes of at least 4 members (excludes halogenated alkanes) is 1. The van der Waals surface area contributed by atoms with Gasteiger partial charge in [-0.15, -0.1) is 0 Å². The second kappa shape index (κ2) is 6.50. The van der Waals surface area contributed by atoms with Gasteiger partial charge < -0.3 is 16.8 Å². The second-order valence-electron chi connectivity index (χ2n) is 3.49. The zero-order valence-electron chi connectivity index (χ0n) is 9.00. The van der Waals surface area contributed by atoms with Gasteiger partial charge in [0.2, 0.25) is 0 Å². The topological polar surface area (TPSA) is 81.1 Å². The molecule has 0 bridgehead atoms. The second-order valence-corrected chi connectivity index (χ2v) is 4.34. The van der Waals surface area contributed by atoms with E-state index in [4.69, 9.17) is 11.5 Å². The molecule has 0 aliphatic carbocycles. The average molecular weight is 286 g/mol. The van der Waals surface area contributed by atoms with Crippen LogP contribution in [0.4, 0.5) is 5.69 Å². The summed E-state index contributed by atoms with van der Waals surface area (Å²) in [5.41, 5.74) is 12.2. The molecule has 5 N–H and O–H groups in total. The third-order valence-corrected chi connectivity index (χ3v) is 2.87. The van der Waals surface area contributed by atoms with Gasteiger partial charge in [0.25, 0.3) is 5.91 Å². The quantitative estimate of drug-likeness (QED) is 0.566. The molecule has 0 atom stereocenters. The van der Waals surface area contributed by atoms with Crippen molar-refractivity contribution in [2.75, 3.05) is 18.8 Å². The van der Waals surface area contributed by atoms with Crippen LogP contribution in [0.15, 0.2) is 22.7 Å². The van der Waals surface area contributed by atoms with Crippen LogP contribution in [0.1, 0.15) is 23.2 Å². The predicted molar refractivity (Wildman–Crippen MR) is 69.2 cm³/mol. The van der Waals surface area contributed by atoms with Gasteiger partial charge in [-0.3, -0.25) is 4.79 Å². The van der Waals surface area contributed by atoms with Crippen molar-refractivity contribution in [2.24, 2.45) is 5.73 Å². The Hall–Kier alpha value is -1.07. The first kappa shape index (κ1) is 13.0. The molecule has 0 aliphatic rings. The number of anilines is 1. The van der Waals surface area contributed by atoms with E-state index in [1.54, 1.807) is 18.2 Å². The molecule has 0 heterocycles. The van der Waals surface area contributed by atoms with Crippen molar-refractivity contribution in [1.82, 2.24) is 5.32 Å². The molecule has 0 aliphatic heterocycles. The van der Waals surface area contributed by atoms with Gasteiger partial charge in [-0.25, -0.2) is 0 Å². The minimum absolute atomic E-state index is 0.0854. The summed E-state index contributed by atoms with van der Waals surface area (Å²) in [4.78, 5) is 11.7. The number of hydrogen-bond donors (Lipinski definition) is 3. The summed E-state index contributed by atoms with van der Waals surface area (Å²) in [6.07, 6.45) is 1.82. The van der Waals surface area contributed by atoms with E-state index < -0.39 is 0 Å². The molecule has 1 rings (SSSR count). The summed E-state index contributed by atoms with van der Waals surface area (Å²) in [6, 6.07) is 5.13. The van der Waals surface area contributed by atoms with Crippen LogP contribution >= 0.6 is 15.9 Å². The highest BCUT2D eigenvalue weighted by Crippen LogP contribution is 2.20. The van der Waals surface area contributed by atoms with Crippen molar-refractivity contribution in [3.8, 4) is 0 Å². The van der Waals surface area contributed by atoms with Crippen LogP contribution in [0.5, 0.6) is 0 Å². The highest BCUT2D eigenvalue weighted by molar-refractivity contribution is 9.10. The normalized spacial score (nSPS) is 10.1. The van der Waals surface area contributed by atoms with E-state index in [0.29, 0.717) is 24.3 Å². The van der Waals surface area contributed by atoms with Crippen LogP contribution in [0.2, 0.25) is 0 Å². The number of amides is 1. The van der Waals surface area contributed by atoms with Gasteiger partial charge in [0.1, 0.15) is 0 Å². The van der Waals surface area contributed by atoms with Gasteiger partial charge in [-0.1, -0.05) is 0 Å². The average Bonchev–Trinajstić information content (AvgIpc) is 2.28. The third-order valence-electron chi connectivity index (χ3n) is 2.18. The first-order chi connectivity index (χ1) is 7.65. The van der Waals surface area contributed by atoms with Crippen molar-refractivity contribution in [3.63, 3.8) is 0 Å². The van der Waals surface area contributed by atoms with Crippen LogP contribution in [-0.4, -0.2) is 19.0 Å². The number of carbonyl (C=O) groups excluding carboxylic acids is 1. The van der Waals surface area contributed by atoms with Crippen LogP contribution in [0.3, 0.4) is 0 Å². The maximum absolute atomic E-state index is 11.7. The van der Waals surface area contributed by atoms with E-state index >= 15 is 0 Å². The molecule has 0 fully saturated rings. The summed E-state index contributed by atoms with van der Waals surface area (Å²) in [7, 11) is 0. The highest BCUT2D eigenvalue weighted by atomic mass is 79.9. The maximum Gasteiger partial charge on any atom is 0.251 e. The molecular weight excluding hydrogens is 270 g/mol. The minimum atomic E-state index is -0.0854. The van der Waals surface area contributed by atoms with Crippen LogP contribution < -0.4 is 16.8 Å². The van der Waals surface area contributed by atoms with Gasteiger partial charge in [0.15, 0.2) is 0 Å². The molecule has 16 heavy (non-hydrogen) atoms. The number of carbonyl (C=O) groups is 1. The van der Waals surface area contributed by atoms with Crippen LogP contribution in [-0.2, 0) is 0 Å². The molecule has 0 saturated carbocycles. The Labute approximate surface area is 104 Å². The standard InChI is InChI=1S/C11H16BrN3O/c12-9-7-8(3-4-10(9)14)11(16)15-6-2-1-5-13/h3-4,7H,1-2,5-6,13-14H2,(H,15,16). The summed E-state index contributed by atoms with van der Waals surface area (Å²) in [5.74, 6) is -0.0854. The number of hydrogen-bond acceptors (Lipinski definition) is 3. The molecule has 1 aromatic carbocycles. The van der Waals surface area contributed by atoms with E-state index in [1.807, 2.05) is 0 Å². The van der Waals surface area contributed by atoms with Crippen molar-refractivity contribution in [2.45, 2.75) is 12.8 Å². The lowest BCUT2D eigenvalue weighted by atomic mass is 10.2. The Morgan fingerprint density at radius 2 is 2.12 bits per heavy atom. The zero-order valence-corrected chi connectivity index (χ0v) is 10.6. The number of rotatable bonds is 5. The molecule has 0 saturated heterocycles. The molecule has 1 amide bonds. The van der Waals surface area contributed by atoms with E-state index in [0.717, 1.165) is 17.3 Å². The lowest BCUT2D eigenvalue weighted by Crippen LogP contribution is -2.24. The lowest BCUT2D eigenvalue weighted by Gasteiger charge is -2.06. The molecule has 0 spiro atoms. The van der Waals surface area contributed by atoms with Gasteiger partial charge in [-0.05, 0) is 53.5 Å². The fourth-order valence-electron chi connectivity index (χ4n) is 1.24. The minimum Gasteiger partial charge on any atom is -0.398 e. The molecule has 0 unspecified atom stereocenters. The summed E-state index contributed by atoms with van der Waals surface area (Å²) in [5, 5.41) is 2.82. The Kier molecular flexibility index (Phi) is 5.28. The van der Waals surface area contributed by atoms with Gasteiger partial charge in [0, 0.05) is 22.3 Å². The Bertz CT molecular complexity index is 368. The molecular formula is C11H16BrN3O. The molecule has 88 valence electrons. The molecule has 0 aromatic heterocycles. The van der Waals surface area contributed by atoms with Crippen molar-refractivity contribution < 1.29 is 4.79 Å². The third kappa shape index (κ3) is 3.83. The van der Waals surface area contributed by atoms with Gasteiger partial charge in [-0.2, -0.15) is 0 Å². The molecule has 0 radical (unpaired) electrons. The smallest absolute Gasteiger partial charge is 0.251 e. The van der Waals surface area contributed by atoms with E-state index in [2.05, 4.69) is 21.2 Å². The SMILES string of the molecule is NCCCCNC(=O)c1ccc(N)c(Br)c1. The maximum atomic E-state index is 11.7. The summed E-state index contributed by atoms with van der Waals surface area (Å²) in [6.45, 7) is 1.31. The Morgan fingerprint density at radius 1 is 1.38 bits per heavy atom. The van der Waals surface area contributed by atoms with Crippen molar-refractivity contribution >= 4 is 27.5 Å². The van der Waals surface area contributed by atoms with E-state index in [9.17, 15) is 4.79 Å². The zero-order chi connectivity index (χ0) is 12.0. The van der Waals surface area contributed by atoms with Crippen molar-refractivity contribution in [3.05, 3.63) is 28.2 Å². The predicted octanol–water partition coefficient (Wildman–Crippen LogP) is 1.50. The fraction of sp³-hybridized carbons (Fsp3) is 0.364. The fourth-order valence-corrected chi connectivity index (χ4v) is 1.62. The number of nitrogens with two attached hydrogens (primary N) is 2. The number of halogens is 1. The molecule has 4 nitrogen and oxygen atoms in total. The lowest BCUT2D eigenvalue weighted by molar-refractivity contribution is 0.0953. The first-order valence-corrected chi connectivity index (χ1v) is 5.97. The van der Waals surface area contributed by atoms with Crippen LogP contribution in [0.25, 0.3) is 0 Å². The molecule has 5 heteroatoms. The Balaban J connectivity index is 2.50. The largest absolute Gasteiger partial charge is 0.398 e. The summed E-state index contributed by atoms with van der Waals surface area (Å²) >= 11 is 3.29. The van der Waals surface area contributed by atoms with E-state index in [1.165, 1.54) is 0 Å². The number of benzene rings is 1. The number of nitrogen functional groups attached to an aromatic ring is 1. The van der Waals surface area contributed by atoms with Gasteiger partial charge in [0.05, 0.1) is 0 Å². The van der Waals surface area contributed by atoms with Crippen LogP contribution in [0, 0.1) is 0 Å². The van der Waals surface area contributed by atoms with Crippen molar-refractivity contribution in [1.29, 1.82) is 0 Å². The monoisotopic (exact) mass is 285 g/mol. The highest BCUT2D eigenvalue weighted by Gasteiger charge is 2.06. The Morgan fingerprint density at radius 3 is 2.75 bits per heavy atom. The number of nitrogens with one attached hydrogen (secondary N) is 1. The molecule has 1 aromatic rings.